The summed E-state index contributed by atoms with van der Waals surface area (Å²) < 4.78 is 58.0. The van der Waals surface area contributed by atoms with E-state index in [1.807, 2.05) is 0 Å². The highest BCUT2D eigenvalue weighted by Crippen LogP contribution is 2.34. The molecular formula is C7H6ClF3O2S. The quantitative estimate of drug-likeness (QED) is 0.667. The first kappa shape index (κ1) is 11.6. The monoisotopic (exact) mass is 246 g/mol. The minimum Gasteiger partial charge on any atom is -0.207 e. The van der Waals surface area contributed by atoms with E-state index in [1.54, 1.807) is 0 Å². The van der Waals surface area contributed by atoms with Gasteiger partial charge in [0.15, 0.2) is 0 Å². The maximum absolute atomic E-state index is 12.2. The maximum atomic E-state index is 12.2. The van der Waals surface area contributed by atoms with Gasteiger partial charge in [-0.2, -0.15) is 13.2 Å². The van der Waals surface area contributed by atoms with Crippen LogP contribution in [0.25, 0.3) is 0 Å². The molecule has 0 saturated carbocycles. The van der Waals surface area contributed by atoms with Crippen molar-refractivity contribution in [3.63, 3.8) is 0 Å². The van der Waals surface area contributed by atoms with Crippen LogP contribution in [0.15, 0.2) is 22.6 Å². The van der Waals surface area contributed by atoms with Crippen LogP contribution in [0.4, 0.5) is 13.2 Å². The number of hydrogen-bond acceptors (Lipinski definition) is 2. The van der Waals surface area contributed by atoms with Crippen molar-refractivity contribution >= 4 is 19.7 Å². The lowest BCUT2D eigenvalue weighted by Gasteiger charge is -2.14. The van der Waals surface area contributed by atoms with E-state index in [4.69, 9.17) is 10.7 Å². The standard InChI is InChI=1S/C7H6ClF3O2S/c8-14(12,13)6-3-1-2-5(4-6)7(9,10)11/h3-4H,1-2H2. The third kappa shape index (κ3) is 2.75. The maximum Gasteiger partial charge on any atom is 0.412 e. The fourth-order valence-corrected chi connectivity index (χ4v) is 1.99. The molecule has 0 unspecified atom stereocenters. The van der Waals surface area contributed by atoms with Crippen LogP contribution < -0.4 is 0 Å². The Labute approximate surface area is 83.5 Å². The number of hydrogen-bond donors (Lipinski definition) is 0. The van der Waals surface area contributed by atoms with E-state index in [9.17, 15) is 21.6 Å². The molecule has 0 fully saturated rings. The Hall–Kier alpha value is -0.490. The smallest absolute Gasteiger partial charge is 0.207 e. The number of alkyl halides is 3. The van der Waals surface area contributed by atoms with Crippen molar-refractivity contribution in [3.05, 3.63) is 22.6 Å². The summed E-state index contributed by atoms with van der Waals surface area (Å²) in [7, 11) is 0.857. The summed E-state index contributed by atoms with van der Waals surface area (Å²) in [6.07, 6.45) is -2.91. The molecule has 1 rings (SSSR count). The normalized spacial score (nSPS) is 18.9. The largest absolute Gasteiger partial charge is 0.412 e. The summed E-state index contributed by atoms with van der Waals surface area (Å²) in [6, 6.07) is 0. The minimum atomic E-state index is -4.49. The van der Waals surface area contributed by atoms with Gasteiger partial charge in [-0.15, -0.1) is 0 Å². The summed E-state index contributed by atoms with van der Waals surface area (Å²) in [6.45, 7) is 0. The first-order chi connectivity index (χ1) is 6.21. The van der Waals surface area contributed by atoms with Crippen LogP contribution in [0.1, 0.15) is 12.8 Å². The molecule has 80 valence electrons. The number of allylic oxidation sites excluding steroid dienone is 3. The van der Waals surface area contributed by atoms with Crippen LogP contribution in [-0.2, 0) is 9.05 Å². The summed E-state index contributed by atoms with van der Waals surface area (Å²) in [4.78, 5) is -0.474. The molecule has 0 bridgehead atoms. The van der Waals surface area contributed by atoms with E-state index in [1.165, 1.54) is 6.08 Å². The molecule has 0 spiro atoms. The number of halogens is 4. The lowest BCUT2D eigenvalue weighted by molar-refractivity contribution is -0.0940. The van der Waals surface area contributed by atoms with Crippen molar-refractivity contribution in [1.29, 1.82) is 0 Å². The Morgan fingerprint density at radius 1 is 1.36 bits per heavy atom. The average molecular weight is 247 g/mol. The highest BCUT2D eigenvalue weighted by atomic mass is 35.7. The molecule has 0 amide bonds. The molecule has 0 aromatic rings. The topological polar surface area (TPSA) is 34.1 Å². The highest BCUT2D eigenvalue weighted by molar-refractivity contribution is 8.17. The third-order valence-corrected chi connectivity index (χ3v) is 3.10. The lowest BCUT2D eigenvalue weighted by atomic mass is 10.1. The van der Waals surface area contributed by atoms with E-state index < -0.39 is 25.7 Å². The Kier molecular flexibility index (Phi) is 2.96. The van der Waals surface area contributed by atoms with Crippen molar-refractivity contribution in [3.8, 4) is 0 Å². The second-order valence-electron chi connectivity index (χ2n) is 2.75. The molecule has 14 heavy (non-hydrogen) atoms. The highest BCUT2D eigenvalue weighted by Gasteiger charge is 2.35. The van der Waals surface area contributed by atoms with Gasteiger partial charge in [0.05, 0.1) is 4.91 Å². The summed E-state index contributed by atoms with van der Waals surface area (Å²) in [5.74, 6) is 0. The summed E-state index contributed by atoms with van der Waals surface area (Å²) >= 11 is 0. The van der Waals surface area contributed by atoms with Gasteiger partial charge in [0.1, 0.15) is 0 Å². The molecule has 7 heteroatoms. The molecule has 0 radical (unpaired) electrons. The SMILES string of the molecule is O=S(=O)(Cl)C1=CCCC(C(F)(F)F)=C1. The molecule has 0 aliphatic heterocycles. The van der Waals surface area contributed by atoms with Gasteiger partial charge in [-0.1, -0.05) is 6.08 Å². The van der Waals surface area contributed by atoms with E-state index in [2.05, 4.69) is 0 Å². The second-order valence-corrected chi connectivity index (χ2v) is 5.32. The van der Waals surface area contributed by atoms with Crippen molar-refractivity contribution in [2.45, 2.75) is 19.0 Å². The molecule has 1 aliphatic rings. The van der Waals surface area contributed by atoms with Gasteiger partial charge < -0.3 is 0 Å². The predicted molar refractivity (Wildman–Crippen MR) is 46.2 cm³/mol. The zero-order valence-corrected chi connectivity index (χ0v) is 8.38. The molecule has 0 atom stereocenters. The van der Waals surface area contributed by atoms with Crippen LogP contribution in [0.5, 0.6) is 0 Å². The fraction of sp³-hybridized carbons (Fsp3) is 0.429. The van der Waals surface area contributed by atoms with Gasteiger partial charge in [-0.05, 0) is 18.9 Å². The zero-order valence-electron chi connectivity index (χ0n) is 6.81. The molecule has 1 aliphatic carbocycles. The number of rotatable bonds is 1. The Balaban J connectivity index is 3.07. The Bertz CT molecular complexity index is 392. The van der Waals surface area contributed by atoms with Crippen molar-refractivity contribution < 1.29 is 21.6 Å². The van der Waals surface area contributed by atoms with Gasteiger partial charge in [0, 0.05) is 16.3 Å². The fourth-order valence-electron chi connectivity index (χ4n) is 1.07. The van der Waals surface area contributed by atoms with E-state index in [-0.39, 0.29) is 12.8 Å². The van der Waals surface area contributed by atoms with Crippen LogP contribution in [0.2, 0.25) is 0 Å². The van der Waals surface area contributed by atoms with Gasteiger partial charge in [-0.25, -0.2) is 8.42 Å². The van der Waals surface area contributed by atoms with E-state index >= 15 is 0 Å². The van der Waals surface area contributed by atoms with Crippen molar-refractivity contribution in [1.82, 2.24) is 0 Å². The van der Waals surface area contributed by atoms with Gasteiger partial charge >= 0.3 is 6.18 Å². The minimum absolute atomic E-state index is 0.0344. The van der Waals surface area contributed by atoms with Gasteiger partial charge in [-0.3, -0.25) is 0 Å². The molecule has 0 N–H and O–H groups in total. The first-order valence-electron chi connectivity index (χ1n) is 3.64. The van der Waals surface area contributed by atoms with Crippen molar-refractivity contribution in [2.24, 2.45) is 0 Å². The van der Waals surface area contributed by atoms with Crippen LogP contribution in [0.3, 0.4) is 0 Å². The Morgan fingerprint density at radius 2 is 1.93 bits per heavy atom. The predicted octanol–water partition coefficient (Wildman–Crippen LogP) is 2.72. The summed E-state index contributed by atoms with van der Waals surface area (Å²) in [5, 5.41) is 0. The Morgan fingerprint density at radius 3 is 2.36 bits per heavy atom. The average Bonchev–Trinajstić information content (AvgIpc) is 2.01. The van der Waals surface area contributed by atoms with Crippen molar-refractivity contribution in [2.75, 3.05) is 0 Å². The van der Waals surface area contributed by atoms with Crippen LogP contribution >= 0.6 is 10.7 Å². The molecule has 0 aromatic heterocycles. The molecular weight excluding hydrogens is 241 g/mol. The molecule has 0 heterocycles. The zero-order chi connectivity index (χ0) is 11.0. The van der Waals surface area contributed by atoms with Crippen LogP contribution in [0, 0.1) is 0 Å². The van der Waals surface area contributed by atoms with E-state index in [0.29, 0.717) is 6.08 Å². The van der Waals surface area contributed by atoms with Crippen LogP contribution in [-0.4, -0.2) is 14.6 Å². The lowest BCUT2D eigenvalue weighted by Crippen LogP contribution is -2.14. The molecule has 0 aromatic carbocycles. The van der Waals surface area contributed by atoms with E-state index in [0.717, 1.165) is 0 Å². The van der Waals surface area contributed by atoms with Gasteiger partial charge in [0.25, 0.3) is 9.05 Å². The second kappa shape index (κ2) is 3.58. The first-order valence-corrected chi connectivity index (χ1v) is 5.95. The van der Waals surface area contributed by atoms with Gasteiger partial charge in [0.2, 0.25) is 0 Å². The molecule has 2 nitrogen and oxygen atoms in total. The summed E-state index contributed by atoms with van der Waals surface area (Å²) in [5.41, 5.74) is -0.862. The molecule has 0 saturated heterocycles. The third-order valence-electron chi connectivity index (χ3n) is 1.72.